The van der Waals surface area contributed by atoms with E-state index >= 15 is 0 Å². The van der Waals surface area contributed by atoms with E-state index in [4.69, 9.17) is 10.6 Å². The topological polar surface area (TPSA) is 103 Å². The zero-order chi connectivity index (χ0) is 14.5. The van der Waals surface area contributed by atoms with Crippen molar-refractivity contribution in [1.82, 2.24) is 4.98 Å². The van der Waals surface area contributed by atoms with Crippen LogP contribution >= 0.6 is 15.9 Å². The molecule has 104 valence electrons. The Hall–Kier alpha value is -2.19. The minimum Gasteiger partial charge on any atom is -0.481 e. The van der Waals surface area contributed by atoms with Crippen molar-refractivity contribution < 1.29 is 9.66 Å². The number of nitrogen functional groups attached to an aromatic ring is 1. The molecule has 0 aliphatic carbocycles. The smallest absolute Gasteiger partial charge is 0.312 e. The maximum atomic E-state index is 10.9. The van der Waals surface area contributed by atoms with Crippen LogP contribution < -0.4 is 16.0 Å². The summed E-state index contributed by atoms with van der Waals surface area (Å²) >= 11 is 3.24. The van der Waals surface area contributed by atoms with E-state index in [2.05, 4.69) is 26.3 Å². The lowest BCUT2D eigenvalue weighted by molar-refractivity contribution is -0.386. The first kappa shape index (κ1) is 14.2. The van der Waals surface area contributed by atoms with Gasteiger partial charge in [0, 0.05) is 17.8 Å². The number of ether oxygens (including phenoxy) is 1. The normalized spacial score (nSPS) is 10.1. The lowest BCUT2D eigenvalue weighted by Gasteiger charge is -2.08. The number of benzene rings is 1. The molecule has 0 aliphatic heterocycles. The summed E-state index contributed by atoms with van der Waals surface area (Å²) < 4.78 is 6.04. The molecule has 1 aromatic carbocycles. The highest BCUT2D eigenvalue weighted by atomic mass is 79.9. The molecule has 0 atom stereocenters. The van der Waals surface area contributed by atoms with Crippen LogP contribution in [0.25, 0.3) is 0 Å². The summed E-state index contributed by atoms with van der Waals surface area (Å²) in [4.78, 5) is 14.5. The standard InChI is InChI=1S/C12H11BrN4O3/c13-9-2-1-3-10(17(18)19)12(9)20-7-8-4-5-11(16-14)15-6-8/h1-6H,7,14H2,(H,15,16). The van der Waals surface area contributed by atoms with Gasteiger partial charge in [0.25, 0.3) is 0 Å². The van der Waals surface area contributed by atoms with Crippen LogP contribution in [0.15, 0.2) is 41.0 Å². The van der Waals surface area contributed by atoms with Gasteiger partial charge in [-0.2, -0.15) is 0 Å². The molecule has 1 heterocycles. The predicted molar refractivity (Wildman–Crippen MR) is 77.2 cm³/mol. The molecule has 2 aromatic rings. The second-order valence-electron chi connectivity index (χ2n) is 3.83. The van der Waals surface area contributed by atoms with Crippen LogP contribution in [0, 0.1) is 10.1 Å². The van der Waals surface area contributed by atoms with Crippen LogP contribution in [-0.4, -0.2) is 9.91 Å². The fourth-order valence-electron chi connectivity index (χ4n) is 1.53. The molecule has 3 N–H and O–H groups in total. The molecule has 20 heavy (non-hydrogen) atoms. The third-order valence-corrected chi connectivity index (χ3v) is 3.12. The summed E-state index contributed by atoms with van der Waals surface area (Å²) in [6.45, 7) is 0.168. The Morgan fingerprint density at radius 3 is 2.80 bits per heavy atom. The number of pyridine rings is 1. The first-order valence-electron chi connectivity index (χ1n) is 5.59. The Bertz CT molecular complexity index is 619. The van der Waals surface area contributed by atoms with E-state index in [0.717, 1.165) is 5.56 Å². The summed E-state index contributed by atoms with van der Waals surface area (Å²) in [6, 6.07) is 8.11. The van der Waals surface area contributed by atoms with Gasteiger partial charge >= 0.3 is 5.69 Å². The number of hydrogen-bond donors (Lipinski definition) is 2. The number of rotatable bonds is 5. The summed E-state index contributed by atoms with van der Waals surface area (Å²) in [6.07, 6.45) is 1.58. The van der Waals surface area contributed by atoms with Gasteiger partial charge in [-0.25, -0.2) is 10.8 Å². The molecule has 7 nitrogen and oxygen atoms in total. The van der Waals surface area contributed by atoms with Crippen LogP contribution in [0.1, 0.15) is 5.56 Å². The van der Waals surface area contributed by atoms with Gasteiger partial charge < -0.3 is 10.2 Å². The minimum absolute atomic E-state index is 0.0902. The van der Waals surface area contributed by atoms with Crippen LogP contribution in [0.3, 0.4) is 0 Å². The number of nitrogens with one attached hydrogen (secondary N) is 1. The average Bonchev–Trinajstić information content (AvgIpc) is 2.46. The van der Waals surface area contributed by atoms with Gasteiger partial charge in [0.2, 0.25) is 5.75 Å². The predicted octanol–water partition coefficient (Wildman–Crippen LogP) is 2.62. The molecular weight excluding hydrogens is 328 g/mol. The maximum absolute atomic E-state index is 10.9. The Labute approximate surface area is 123 Å². The number of nitro benzene ring substituents is 1. The lowest BCUT2D eigenvalue weighted by atomic mass is 10.3. The van der Waals surface area contributed by atoms with Gasteiger partial charge in [-0.3, -0.25) is 10.1 Å². The van der Waals surface area contributed by atoms with E-state index in [1.54, 1.807) is 30.5 Å². The number of aromatic nitrogens is 1. The third-order valence-electron chi connectivity index (χ3n) is 2.50. The number of anilines is 1. The van der Waals surface area contributed by atoms with Crippen molar-refractivity contribution in [3.63, 3.8) is 0 Å². The highest BCUT2D eigenvalue weighted by Crippen LogP contribution is 2.35. The highest BCUT2D eigenvalue weighted by Gasteiger charge is 2.17. The van der Waals surface area contributed by atoms with Crippen molar-refractivity contribution in [2.75, 3.05) is 5.43 Å². The first-order valence-corrected chi connectivity index (χ1v) is 6.38. The third kappa shape index (κ3) is 3.22. The fraction of sp³-hybridized carbons (Fsp3) is 0.0833. The van der Waals surface area contributed by atoms with Gasteiger partial charge in [-0.15, -0.1) is 0 Å². The zero-order valence-electron chi connectivity index (χ0n) is 10.2. The van der Waals surface area contributed by atoms with Gasteiger partial charge in [0.15, 0.2) is 0 Å². The van der Waals surface area contributed by atoms with Crippen LogP contribution in [-0.2, 0) is 6.61 Å². The monoisotopic (exact) mass is 338 g/mol. The average molecular weight is 339 g/mol. The summed E-state index contributed by atoms with van der Waals surface area (Å²) in [5.74, 6) is 5.93. The van der Waals surface area contributed by atoms with Gasteiger partial charge in [0.05, 0.1) is 9.40 Å². The first-order chi connectivity index (χ1) is 9.61. The van der Waals surface area contributed by atoms with Gasteiger partial charge in [-0.1, -0.05) is 12.1 Å². The second-order valence-corrected chi connectivity index (χ2v) is 4.68. The van der Waals surface area contributed by atoms with Crippen LogP contribution in [0.4, 0.5) is 11.5 Å². The SMILES string of the molecule is NNc1ccc(COc2c(Br)cccc2[N+](=O)[O-])cn1. The Balaban J connectivity index is 2.16. The summed E-state index contributed by atoms with van der Waals surface area (Å²) in [5, 5.41) is 10.9. The molecule has 0 amide bonds. The second kappa shape index (κ2) is 6.31. The molecule has 0 saturated heterocycles. The van der Waals surface area contributed by atoms with Crippen molar-refractivity contribution >= 4 is 27.4 Å². The van der Waals surface area contributed by atoms with Crippen molar-refractivity contribution in [3.8, 4) is 5.75 Å². The number of para-hydroxylation sites is 1. The maximum Gasteiger partial charge on any atom is 0.312 e. The van der Waals surface area contributed by atoms with Crippen LogP contribution in [0.5, 0.6) is 5.75 Å². The van der Waals surface area contributed by atoms with E-state index in [0.29, 0.717) is 10.3 Å². The highest BCUT2D eigenvalue weighted by molar-refractivity contribution is 9.10. The fourth-order valence-corrected chi connectivity index (χ4v) is 2.01. The Kier molecular flexibility index (Phi) is 4.49. The van der Waals surface area contributed by atoms with Gasteiger partial charge in [0.1, 0.15) is 12.4 Å². The molecule has 8 heteroatoms. The Morgan fingerprint density at radius 2 is 2.20 bits per heavy atom. The lowest BCUT2D eigenvalue weighted by Crippen LogP contribution is -2.08. The summed E-state index contributed by atoms with van der Waals surface area (Å²) in [5.41, 5.74) is 3.09. The number of nitro groups is 1. The molecule has 0 radical (unpaired) electrons. The number of nitrogens with zero attached hydrogens (tertiary/aromatic N) is 2. The zero-order valence-corrected chi connectivity index (χ0v) is 11.8. The molecule has 1 aromatic heterocycles. The molecule has 0 fully saturated rings. The van der Waals surface area contributed by atoms with Crippen molar-refractivity contribution in [3.05, 3.63) is 56.7 Å². The van der Waals surface area contributed by atoms with E-state index in [1.165, 1.54) is 6.07 Å². The van der Waals surface area contributed by atoms with Crippen molar-refractivity contribution in [2.45, 2.75) is 6.61 Å². The molecule has 0 bridgehead atoms. The van der Waals surface area contributed by atoms with Crippen molar-refractivity contribution in [1.29, 1.82) is 0 Å². The number of hydrogen-bond acceptors (Lipinski definition) is 6. The molecular formula is C12H11BrN4O3. The number of nitrogens with two attached hydrogens (primary N) is 1. The van der Waals surface area contributed by atoms with Crippen LogP contribution in [0.2, 0.25) is 0 Å². The largest absolute Gasteiger partial charge is 0.481 e. The van der Waals surface area contributed by atoms with Crippen molar-refractivity contribution in [2.24, 2.45) is 5.84 Å². The Morgan fingerprint density at radius 1 is 1.40 bits per heavy atom. The van der Waals surface area contributed by atoms with E-state index in [9.17, 15) is 10.1 Å². The van der Waals surface area contributed by atoms with E-state index in [-0.39, 0.29) is 18.0 Å². The molecule has 0 aliphatic rings. The molecule has 2 rings (SSSR count). The molecule has 0 unspecified atom stereocenters. The quantitative estimate of drug-likeness (QED) is 0.493. The minimum atomic E-state index is -0.486. The molecule has 0 spiro atoms. The summed E-state index contributed by atoms with van der Waals surface area (Å²) in [7, 11) is 0. The molecule has 0 saturated carbocycles. The van der Waals surface area contributed by atoms with E-state index < -0.39 is 4.92 Å². The number of hydrazine groups is 1. The number of halogens is 1. The van der Waals surface area contributed by atoms with E-state index in [1.807, 2.05) is 0 Å². The van der Waals surface area contributed by atoms with Gasteiger partial charge in [-0.05, 0) is 28.1 Å².